The van der Waals surface area contributed by atoms with Crippen molar-refractivity contribution in [3.8, 4) is 11.5 Å². The molecule has 0 radical (unpaired) electrons. The Kier molecular flexibility index (Phi) is 4.22. The maximum Gasteiger partial charge on any atom is 0.233 e. The number of carbonyl (C=O) groups excluding carboxylic acids is 2. The topological polar surface area (TPSA) is 90.2 Å². The van der Waals surface area contributed by atoms with E-state index < -0.39 is 17.5 Å². The molecule has 2 N–H and O–H groups in total. The zero-order valence-electron chi connectivity index (χ0n) is 16.6. The van der Waals surface area contributed by atoms with Gasteiger partial charge in [-0.25, -0.2) is 0 Å². The normalized spacial score (nSPS) is 17.9. The second kappa shape index (κ2) is 6.95. The number of benzene rings is 3. The van der Waals surface area contributed by atoms with Crippen molar-refractivity contribution >= 4 is 23.0 Å². The van der Waals surface area contributed by atoms with Crippen molar-refractivity contribution in [3.63, 3.8) is 0 Å². The van der Waals surface area contributed by atoms with E-state index in [2.05, 4.69) is 0 Å². The fraction of sp³-hybridized carbons (Fsp3) is 0.0800. The molecule has 0 saturated heterocycles. The van der Waals surface area contributed by atoms with Crippen molar-refractivity contribution in [1.29, 1.82) is 0 Å². The highest BCUT2D eigenvalue weighted by Gasteiger charge is 2.43. The minimum absolute atomic E-state index is 0.102. The Hall–Kier alpha value is -4.19. The highest BCUT2D eigenvalue weighted by atomic mass is 16.3. The number of ketones is 2. The molecule has 0 bridgehead atoms. The van der Waals surface area contributed by atoms with Gasteiger partial charge in [-0.2, -0.15) is 5.10 Å². The predicted molar refractivity (Wildman–Crippen MR) is 116 cm³/mol. The standard InChI is InChI=1S/C25H18N2O4/c1-27-23-18-4-2-3-5-19(18)24(30)25(31)21(23)20(14-6-10-16(28)11-7-14)22(26-27)15-8-12-17(29)13-9-15/h2-13,20,28-29H,1H3. The van der Waals surface area contributed by atoms with Crippen LogP contribution in [0.3, 0.4) is 0 Å². The van der Waals surface area contributed by atoms with Gasteiger partial charge in [0, 0.05) is 23.7 Å². The van der Waals surface area contributed by atoms with Crippen molar-refractivity contribution in [1.82, 2.24) is 5.01 Å². The SMILES string of the molecule is CN1N=C(c2ccc(O)cc2)C(c2ccc(O)cc2)C2=C1c1ccccc1C(=O)C2=O. The molecule has 0 spiro atoms. The Labute approximate surface area is 178 Å². The van der Waals surface area contributed by atoms with Gasteiger partial charge in [0.1, 0.15) is 11.5 Å². The van der Waals surface area contributed by atoms with E-state index in [4.69, 9.17) is 5.10 Å². The molecule has 6 heteroatoms. The second-order valence-electron chi connectivity index (χ2n) is 7.55. The molecular formula is C25H18N2O4. The maximum absolute atomic E-state index is 13.4. The number of fused-ring (bicyclic) bond motifs is 2. The van der Waals surface area contributed by atoms with Crippen LogP contribution < -0.4 is 0 Å². The van der Waals surface area contributed by atoms with E-state index in [9.17, 15) is 19.8 Å². The number of allylic oxidation sites excluding steroid dienone is 1. The highest BCUT2D eigenvalue weighted by Crippen LogP contribution is 2.44. The summed E-state index contributed by atoms with van der Waals surface area (Å²) in [7, 11) is 1.75. The molecule has 6 nitrogen and oxygen atoms in total. The van der Waals surface area contributed by atoms with Gasteiger partial charge < -0.3 is 10.2 Å². The summed E-state index contributed by atoms with van der Waals surface area (Å²) in [6.45, 7) is 0. The van der Waals surface area contributed by atoms with Crippen LogP contribution in [0.4, 0.5) is 0 Å². The molecule has 3 aromatic carbocycles. The summed E-state index contributed by atoms with van der Waals surface area (Å²) in [5.74, 6) is -1.50. The number of hydrazone groups is 1. The van der Waals surface area contributed by atoms with Gasteiger partial charge in [0.05, 0.1) is 17.3 Å². The first kappa shape index (κ1) is 18.8. The summed E-state index contributed by atoms with van der Waals surface area (Å²) in [6.07, 6.45) is 0. The van der Waals surface area contributed by atoms with Gasteiger partial charge >= 0.3 is 0 Å². The third kappa shape index (κ3) is 2.92. The Morgan fingerprint density at radius 1 is 0.774 bits per heavy atom. The third-order valence-corrected chi connectivity index (χ3v) is 5.67. The molecule has 1 atom stereocenters. The summed E-state index contributed by atoms with van der Waals surface area (Å²) in [4.78, 5) is 26.4. The number of hydrogen-bond donors (Lipinski definition) is 2. The molecule has 0 saturated carbocycles. The number of nitrogens with zero attached hydrogens (tertiary/aromatic N) is 2. The third-order valence-electron chi connectivity index (χ3n) is 5.67. The Morgan fingerprint density at radius 2 is 1.35 bits per heavy atom. The number of phenols is 2. The average molecular weight is 410 g/mol. The fourth-order valence-corrected chi connectivity index (χ4v) is 4.26. The van der Waals surface area contributed by atoms with Gasteiger partial charge in [-0.3, -0.25) is 14.6 Å². The molecule has 1 aliphatic heterocycles. The quantitative estimate of drug-likeness (QED) is 0.629. The maximum atomic E-state index is 13.4. The molecule has 31 heavy (non-hydrogen) atoms. The molecule has 5 rings (SSSR count). The van der Waals surface area contributed by atoms with Crippen LogP contribution in [0, 0.1) is 0 Å². The van der Waals surface area contributed by atoms with Crippen LogP contribution in [0.5, 0.6) is 11.5 Å². The van der Waals surface area contributed by atoms with Crippen molar-refractivity contribution in [2.75, 3.05) is 7.05 Å². The van der Waals surface area contributed by atoms with Gasteiger partial charge in [-0.05, 0) is 47.5 Å². The van der Waals surface area contributed by atoms with Gasteiger partial charge in [0.25, 0.3) is 0 Å². The van der Waals surface area contributed by atoms with Gasteiger partial charge in [-0.1, -0.05) is 36.4 Å². The van der Waals surface area contributed by atoms with Gasteiger partial charge in [0.2, 0.25) is 11.6 Å². The van der Waals surface area contributed by atoms with Crippen LogP contribution in [0.15, 0.2) is 83.5 Å². The zero-order valence-corrected chi connectivity index (χ0v) is 16.6. The minimum atomic E-state index is -0.610. The average Bonchev–Trinajstić information content (AvgIpc) is 2.78. The number of hydrogen-bond acceptors (Lipinski definition) is 6. The summed E-state index contributed by atoms with van der Waals surface area (Å²) in [5.41, 5.74) is 4.01. The smallest absolute Gasteiger partial charge is 0.233 e. The molecule has 152 valence electrons. The molecule has 0 aromatic heterocycles. The summed E-state index contributed by atoms with van der Waals surface area (Å²) in [5, 5.41) is 25.9. The highest BCUT2D eigenvalue weighted by molar-refractivity contribution is 6.53. The number of aromatic hydroxyl groups is 2. The van der Waals surface area contributed by atoms with Crippen LogP contribution in [-0.2, 0) is 4.79 Å². The molecule has 3 aromatic rings. The predicted octanol–water partition coefficient (Wildman–Crippen LogP) is 3.71. The van der Waals surface area contributed by atoms with Gasteiger partial charge in [-0.15, -0.1) is 0 Å². The van der Waals surface area contributed by atoms with Crippen LogP contribution in [0.25, 0.3) is 5.70 Å². The fourth-order valence-electron chi connectivity index (χ4n) is 4.26. The number of rotatable bonds is 2. The number of phenolic OH excluding ortho intramolecular Hbond substituents is 2. The van der Waals surface area contributed by atoms with E-state index >= 15 is 0 Å². The van der Waals surface area contributed by atoms with Crippen molar-refractivity contribution in [3.05, 3.63) is 101 Å². The lowest BCUT2D eigenvalue weighted by Gasteiger charge is -2.36. The van der Waals surface area contributed by atoms with Crippen LogP contribution in [0.2, 0.25) is 0 Å². The van der Waals surface area contributed by atoms with Gasteiger partial charge in [0.15, 0.2) is 0 Å². The summed E-state index contributed by atoms with van der Waals surface area (Å²) >= 11 is 0. The van der Waals surface area contributed by atoms with Crippen LogP contribution >= 0.6 is 0 Å². The summed E-state index contributed by atoms with van der Waals surface area (Å²) < 4.78 is 0. The lowest BCUT2D eigenvalue weighted by Crippen LogP contribution is -2.37. The Bertz CT molecular complexity index is 1290. The number of Topliss-reactive ketones (excluding diaryl/α,β-unsaturated/α-hetero) is 2. The lowest BCUT2D eigenvalue weighted by molar-refractivity contribution is -0.112. The van der Waals surface area contributed by atoms with E-state index in [0.29, 0.717) is 33.7 Å². The van der Waals surface area contributed by atoms with E-state index in [1.165, 1.54) is 0 Å². The Morgan fingerprint density at radius 3 is 2.00 bits per heavy atom. The molecule has 1 heterocycles. The van der Waals surface area contributed by atoms with Crippen molar-refractivity contribution < 1.29 is 19.8 Å². The molecule has 2 aliphatic rings. The van der Waals surface area contributed by atoms with E-state index in [1.807, 2.05) is 12.1 Å². The van der Waals surface area contributed by atoms with Crippen LogP contribution in [0.1, 0.15) is 33.0 Å². The molecule has 0 amide bonds. The van der Waals surface area contributed by atoms with Crippen molar-refractivity contribution in [2.45, 2.75) is 5.92 Å². The molecule has 1 unspecified atom stereocenters. The van der Waals surface area contributed by atoms with Crippen LogP contribution in [-0.4, -0.2) is 39.5 Å². The first-order valence-electron chi connectivity index (χ1n) is 9.79. The first-order chi connectivity index (χ1) is 15.0. The van der Waals surface area contributed by atoms with E-state index in [1.54, 1.807) is 72.7 Å². The monoisotopic (exact) mass is 410 g/mol. The number of carbonyl (C=O) groups is 2. The lowest BCUT2D eigenvalue weighted by atomic mass is 9.74. The summed E-state index contributed by atoms with van der Waals surface area (Å²) in [6, 6.07) is 20.1. The van der Waals surface area contributed by atoms with E-state index in [0.717, 1.165) is 5.56 Å². The molecular weight excluding hydrogens is 392 g/mol. The molecule has 0 fully saturated rings. The van der Waals surface area contributed by atoms with E-state index in [-0.39, 0.29) is 11.5 Å². The Balaban J connectivity index is 1.79. The second-order valence-corrected chi connectivity index (χ2v) is 7.55. The largest absolute Gasteiger partial charge is 0.508 e. The first-order valence-corrected chi connectivity index (χ1v) is 9.79. The zero-order chi connectivity index (χ0) is 21.7. The molecule has 1 aliphatic carbocycles. The van der Waals surface area contributed by atoms with Crippen molar-refractivity contribution in [2.24, 2.45) is 5.10 Å². The minimum Gasteiger partial charge on any atom is -0.508 e.